The van der Waals surface area contributed by atoms with Gasteiger partial charge in [0.05, 0.1) is 0 Å². The topological polar surface area (TPSA) is 84.0 Å². The number of halogens is 1. The number of hydrogen-bond acceptors (Lipinski definition) is 6. The Bertz CT molecular complexity index is 956. The first-order valence-corrected chi connectivity index (χ1v) is 9.56. The molecule has 24 heavy (non-hydrogen) atoms. The summed E-state index contributed by atoms with van der Waals surface area (Å²) in [6.45, 7) is 1.85. The Kier molecular flexibility index (Phi) is 4.70. The van der Waals surface area contributed by atoms with Gasteiger partial charge in [0, 0.05) is 15.6 Å². The average molecular weight is 381 g/mol. The third kappa shape index (κ3) is 4.02. The lowest BCUT2D eigenvalue weighted by Gasteiger charge is -2.07. The van der Waals surface area contributed by atoms with Crippen LogP contribution in [0.2, 0.25) is 5.02 Å². The van der Waals surface area contributed by atoms with Gasteiger partial charge in [-0.2, -0.15) is 0 Å². The fourth-order valence-corrected chi connectivity index (χ4v) is 4.38. The Labute approximate surface area is 148 Å². The fraction of sp³-hybridized carbons (Fsp3) is 0.0667. The van der Waals surface area contributed by atoms with Gasteiger partial charge in [0.1, 0.15) is 4.21 Å². The zero-order valence-corrected chi connectivity index (χ0v) is 14.9. The van der Waals surface area contributed by atoms with Crippen molar-refractivity contribution in [3.8, 4) is 0 Å². The van der Waals surface area contributed by atoms with E-state index in [9.17, 15) is 8.42 Å². The van der Waals surface area contributed by atoms with Crippen LogP contribution in [0.4, 0.5) is 17.3 Å². The van der Waals surface area contributed by atoms with E-state index in [1.165, 1.54) is 17.4 Å². The highest BCUT2D eigenvalue weighted by Gasteiger charge is 2.17. The molecular formula is C15H13ClN4O2S2. The molecule has 124 valence electrons. The van der Waals surface area contributed by atoms with Crippen molar-refractivity contribution in [2.24, 2.45) is 0 Å². The zero-order valence-electron chi connectivity index (χ0n) is 12.5. The third-order valence-electron chi connectivity index (χ3n) is 2.98. The van der Waals surface area contributed by atoms with Gasteiger partial charge >= 0.3 is 0 Å². The minimum Gasteiger partial charge on any atom is -0.339 e. The van der Waals surface area contributed by atoms with Gasteiger partial charge in [0.25, 0.3) is 10.0 Å². The van der Waals surface area contributed by atoms with Crippen molar-refractivity contribution in [3.05, 3.63) is 58.4 Å². The number of rotatable bonds is 5. The van der Waals surface area contributed by atoms with Crippen LogP contribution in [0.5, 0.6) is 0 Å². The number of benzene rings is 1. The minimum absolute atomic E-state index is 0.151. The predicted molar refractivity (Wildman–Crippen MR) is 96.6 cm³/mol. The molecule has 0 saturated heterocycles. The second kappa shape index (κ2) is 6.76. The average Bonchev–Trinajstić information content (AvgIpc) is 2.97. The molecule has 0 unspecified atom stereocenters. The Morgan fingerprint density at radius 1 is 1.04 bits per heavy atom. The van der Waals surface area contributed by atoms with Crippen molar-refractivity contribution in [2.75, 3.05) is 10.0 Å². The van der Waals surface area contributed by atoms with E-state index in [0.29, 0.717) is 10.8 Å². The molecule has 0 atom stereocenters. The fourth-order valence-electron chi connectivity index (χ4n) is 1.91. The molecule has 0 spiro atoms. The number of nitrogens with zero attached hydrogens (tertiary/aromatic N) is 2. The number of anilines is 3. The summed E-state index contributed by atoms with van der Waals surface area (Å²) in [7, 11) is -3.64. The quantitative estimate of drug-likeness (QED) is 0.697. The summed E-state index contributed by atoms with van der Waals surface area (Å²) >= 11 is 7.11. The van der Waals surface area contributed by atoms with E-state index in [1.54, 1.807) is 30.3 Å². The Balaban J connectivity index is 1.73. The van der Waals surface area contributed by atoms with Crippen LogP contribution in [-0.4, -0.2) is 18.6 Å². The van der Waals surface area contributed by atoms with Gasteiger partial charge < -0.3 is 5.32 Å². The monoisotopic (exact) mass is 380 g/mol. The van der Waals surface area contributed by atoms with Crippen molar-refractivity contribution in [3.63, 3.8) is 0 Å². The summed E-state index contributed by atoms with van der Waals surface area (Å²) in [5.74, 6) is 0.630. The number of thiophene rings is 1. The van der Waals surface area contributed by atoms with E-state index in [0.717, 1.165) is 10.6 Å². The largest absolute Gasteiger partial charge is 0.339 e. The van der Waals surface area contributed by atoms with Crippen LogP contribution < -0.4 is 10.0 Å². The van der Waals surface area contributed by atoms with Crippen LogP contribution in [0.1, 0.15) is 4.88 Å². The van der Waals surface area contributed by atoms with Gasteiger partial charge in [-0.05, 0) is 49.4 Å². The van der Waals surface area contributed by atoms with Crippen molar-refractivity contribution in [2.45, 2.75) is 11.1 Å². The highest BCUT2D eigenvalue weighted by molar-refractivity contribution is 7.94. The van der Waals surface area contributed by atoms with Gasteiger partial charge in [0.15, 0.2) is 11.6 Å². The maximum absolute atomic E-state index is 12.2. The molecule has 0 fully saturated rings. The summed E-state index contributed by atoms with van der Waals surface area (Å²) in [6.07, 6.45) is 0. The van der Waals surface area contributed by atoms with E-state index in [4.69, 9.17) is 11.6 Å². The van der Waals surface area contributed by atoms with Gasteiger partial charge in [-0.1, -0.05) is 17.7 Å². The second-order valence-corrected chi connectivity index (χ2v) is 8.54. The molecule has 0 aliphatic heterocycles. The number of hydrogen-bond donors (Lipinski definition) is 2. The molecule has 0 aliphatic rings. The van der Waals surface area contributed by atoms with E-state index >= 15 is 0 Å². The maximum atomic E-state index is 12.2. The summed E-state index contributed by atoms with van der Waals surface area (Å²) in [5.41, 5.74) is 0.763. The molecule has 2 aromatic heterocycles. The highest BCUT2D eigenvalue weighted by atomic mass is 35.5. The Hall–Kier alpha value is -2.16. The van der Waals surface area contributed by atoms with Crippen LogP contribution in [0.3, 0.4) is 0 Å². The van der Waals surface area contributed by atoms with Gasteiger partial charge in [-0.3, -0.25) is 4.72 Å². The molecule has 1 aromatic carbocycles. The third-order valence-corrected chi connectivity index (χ3v) is 6.06. The molecular weight excluding hydrogens is 368 g/mol. The number of nitrogens with one attached hydrogen (secondary N) is 2. The molecule has 0 radical (unpaired) electrons. The normalized spacial score (nSPS) is 11.2. The zero-order chi connectivity index (χ0) is 17.2. The molecule has 3 aromatic rings. The summed E-state index contributed by atoms with van der Waals surface area (Å²) in [4.78, 5) is 0.919. The molecule has 0 saturated carbocycles. The summed E-state index contributed by atoms with van der Waals surface area (Å²) in [6, 6.07) is 13.6. The number of aromatic nitrogens is 2. The molecule has 0 bridgehead atoms. The van der Waals surface area contributed by atoms with Crippen molar-refractivity contribution in [1.82, 2.24) is 10.2 Å². The molecule has 0 aliphatic carbocycles. The Morgan fingerprint density at radius 2 is 1.79 bits per heavy atom. The molecule has 3 rings (SSSR count). The van der Waals surface area contributed by atoms with Crippen LogP contribution in [0.25, 0.3) is 0 Å². The second-order valence-electron chi connectivity index (χ2n) is 4.91. The van der Waals surface area contributed by atoms with E-state index in [2.05, 4.69) is 20.2 Å². The first-order valence-electron chi connectivity index (χ1n) is 6.88. The van der Waals surface area contributed by atoms with Crippen LogP contribution in [0.15, 0.2) is 52.7 Å². The van der Waals surface area contributed by atoms with Crippen molar-refractivity contribution >= 4 is 50.3 Å². The first kappa shape index (κ1) is 16.7. The van der Waals surface area contributed by atoms with Crippen LogP contribution in [-0.2, 0) is 10.0 Å². The van der Waals surface area contributed by atoms with Gasteiger partial charge in [-0.15, -0.1) is 21.5 Å². The Morgan fingerprint density at radius 3 is 2.42 bits per heavy atom. The molecule has 2 N–H and O–H groups in total. The molecule has 2 heterocycles. The van der Waals surface area contributed by atoms with E-state index < -0.39 is 10.0 Å². The lowest BCUT2D eigenvalue weighted by molar-refractivity contribution is 0.603. The van der Waals surface area contributed by atoms with Crippen molar-refractivity contribution < 1.29 is 8.42 Å². The van der Waals surface area contributed by atoms with Crippen LogP contribution >= 0.6 is 22.9 Å². The SMILES string of the molecule is Cc1ccc(S(=O)(=O)Nc2ccc(Nc3cccc(Cl)c3)nn2)s1. The standard InChI is InChI=1S/C15H13ClN4O2S2/c1-10-5-8-15(23-10)24(21,22)20-14-7-6-13(18-19-14)17-12-4-2-3-11(16)9-12/h2-9H,1H3,(H,17,18)(H,19,20). The maximum Gasteiger partial charge on any atom is 0.272 e. The smallest absolute Gasteiger partial charge is 0.272 e. The molecule has 9 heteroatoms. The summed E-state index contributed by atoms with van der Waals surface area (Å²) < 4.78 is 27.1. The van der Waals surface area contributed by atoms with Gasteiger partial charge in [0.2, 0.25) is 0 Å². The minimum atomic E-state index is -3.64. The predicted octanol–water partition coefficient (Wildman–Crippen LogP) is 4.04. The van der Waals surface area contributed by atoms with E-state index in [-0.39, 0.29) is 10.0 Å². The van der Waals surface area contributed by atoms with E-state index in [1.807, 2.05) is 19.1 Å². The first-order chi connectivity index (χ1) is 11.4. The molecule has 0 amide bonds. The lowest BCUT2D eigenvalue weighted by Crippen LogP contribution is -2.13. The number of sulfonamides is 1. The summed E-state index contributed by atoms with van der Waals surface area (Å²) in [5, 5.41) is 11.5. The van der Waals surface area contributed by atoms with Gasteiger partial charge in [-0.25, -0.2) is 8.42 Å². The highest BCUT2D eigenvalue weighted by Crippen LogP contribution is 2.23. The van der Waals surface area contributed by atoms with Crippen LogP contribution in [0, 0.1) is 6.92 Å². The lowest BCUT2D eigenvalue weighted by atomic mass is 10.3. The molecule has 6 nitrogen and oxygen atoms in total. The van der Waals surface area contributed by atoms with Crippen molar-refractivity contribution in [1.29, 1.82) is 0 Å². The number of aryl methyl sites for hydroxylation is 1.